The maximum Gasteiger partial charge on any atom is 0.194 e. The maximum atomic E-state index is 9.47. The van der Waals surface area contributed by atoms with Crippen molar-refractivity contribution in [3.8, 4) is 0 Å². The maximum absolute atomic E-state index is 9.47. The lowest BCUT2D eigenvalue weighted by Gasteiger charge is -2.36. The molecule has 5 nitrogen and oxygen atoms in total. The Morgan fingerprint density at radius 2 is 2.16 bits per heavy atom. The summed E-state index contributed by atoms with van der Waals surface area (Å²) < 4.78 is 6.05. The normalized spacial score (nSPS) is 19.2. The summed E-state index contributed by atoms with van der Waals surface area (Å²) in [5.74, 6) is 0.905. The lowest BCUT2D eigenvalue weighted by atomic mass is 9.95. The fraction of sp³-hybridized carbons (Fsp3) is 0.650. The van der Waals surface area contributed by atoms with Crippen molar-refractivity contribution >= 4 is 5.96 Å². The Labute approximate surface area is 152 Å². The zero-order valence-corrected chi connectivity index (χ0v) is 16.3. The van der Waals surface area contributed by atoms with E-state index in [0.29, 0.717) is 13.2 Å². The molecule has 1 unspecified atom stereocenters. The predicted molar refractivity (Wildman–Crippen MR) is 103 cm³/mol. The van der Waals surface area contributed by atoms with E-state index in [1.54, 1.807) is 0 Å². The van der Waals surface area contributed by atoms with Crippen LogP contribution in [-0.2, 0) is 4.74 Å². The zero-order chi connectivity index (χ0) is 18.4. The van der Waals surface area contributed by atoms with E-state index in [2.05, 4.69) is 49.2 Å². The van der Waals surface area contributed by atoms with E-state index >= 15 is 0 Å². The lowest BCUT2D eigenvalue weighted by molar-refractivity contribution is -0.00842. The molecule has 0 aromatic heterocycles. The number of aliphatic hydroxyl groups excluding tert-OH is 1. The van der Waals surface area contributed by atoms with Gasteiger partial charge in [0.2, 0.25) is 0 Å². The van der Waals surface area contributed by atoms with Gasteiger partial charge in [0.15, 0.2) is 5.96 Å². The zero-order valence-electron chi connectivity index (χ0n) is 16.3. The molecule has 0 aliphatic carbocycles. The van der Waals surface area contributed by atoms with Crippen LogP contribution >= 0.6 is 0 Å². The molecule has 1 heterocycles. The molecular formula is C20H33N3O2. The second-order valence-corrected chi connectivity index (χ2v) is 7.66. The van der Waals surface area contributed by atoms with Crippen LogP contribution in [0.1, 0.15) is 43.6 Å². The van der Waals surface area contributed by atoms with Crippen LogP contribution in [0.5, 0.6) is 0 Å². The summed E-state index contributed by atoms with van der Waals surface area (Å²) in [4.78, 5) is 7.03. The second-order valence-electron chi connectivity index (χ2n) is 7.66. The third-order valence-electron chi connectivity index (χ3n) is 4.56. The molecule has 0 spiro atoms. The van der Waals surface area contributed by atoms with E-state index in [1.165, 1.54) is 16.7 Å². The highest BCUT2D eigenvalue weighted by atomic mass is 16.5. The molecule has 1 fully saturated rings. The first-order valence-corrected chi connectivity index (χ1v) is 9.19. The van der Waals surface area contributed by atoms with Gasteiger partial charge in [0.1, 0.15) is 6.10 Å². The number of morpholine rings is 1. The van der Waals surface area contributed by atoms with Gasteiger partial charge in [-0.15, -0.1) is 0 Å². The quantitative estimate of drug-likeness (QED) is 0.635. The van der Waals surface area contributed by atoms with E-state index in [1.807, 2.05) is 13.8 Å². The molecule has 25 heavy (non-hydrogen) atoms. The predicted octanol–water partition coefficient (Wildman–Crippen LogP) is 2.66. The van der Waals surface area contributed by atoms with Crippen LogP contribution in [0.15, 0.2) is 23.2 Å². The van der Waals surface area contributed by atoms with Gasteiger partial charge in [-0.1, -0.05) is 37.6 Å². The molecule has 0 bridgehead atoms. The van der Waals surface area contributed by atoms with Gasteiger partial charge in [-0.25, -0.2) is 0 Å². The number of guanidine groups is 1. The molecule has 140 valence electrons. The largest absolute Gasteiger partial charge is 0.396 e. The van der Waals surface area contributed by atoms with E-state index in [9.17, 15) is 5.11 Å². The Morgan fingerprint density at radius 3 is 2.80 bits per heavy atom. The topological polar surface area (TPSA) is 57.1 Å². The van der Waals surface area contributed by atoms with Crippen molar-refractivity contribution in [1.29, 1.82) is 0 Å². The van der Waals surface area contributed by atoms with E-state index in [0.717, 1.165) is 25.6 Å². The molecule has 5 heteroatoms. The van der Waals surface area contributed by atoms with Gasteiger partial charge in [-0.2, -0.15) is 0 Å². The summed E-state index contributed by atoms with van der Waals surface area (Å²) in [5.41, 5.74) is 3.59. The van der Waals surface area contributed by atoms with Crippen molar-refractivity contribution in [3.63, 3.8) is 0 Å². The van der Waals surface area contributed by atoms with Crippen molar-refractivity contribution in [2.24, 2.45) is 10.4 Å². The van der Waals surface area contributed by atoms with Gasteiger partial charge in [0.05, 0.1) is 19.7 Å². The minimum absolute atomic E-state index is 0.0593. The molecule has 1 aliphatic heterocycles. The number of benzene rings is 1. The van der Waals surface area contributed by atoms with Crippen molar-refractivity contribution < 1.29 is 9.84 Å². The summed E-state index contributed by atoms with van der Waals surface area (Å²) in [7, 11) is 0. The summed E-state index contributed by atoms with van der Waals surface area (Å²) in [6, 6.07) is 6.53. The highest BCUT2D eigenvalue weighted by Crippen LogP contribution is 2.26. The van der Waals surface area contributed by atoms with Crippen LogP contribution in [0, 0.1) is 19.3 Å². The highest BCUT2D eigenvalue weighted by molar-refractivity contribution is 5.80. The average molecular weight is 348 g/mol. The van der Waals surface area contributed by atoms with Crippen LogP contribution in [0.25, 0.3) is 0 Å². The lowest BCUT2D eigenvalue weighted by Crippen LogP contribution is -2.48. The molecule has 2 rings (SSSR count). The van der Waals surface area contributed by atoms with Crippen molar-refractivity contribution in [3.05, 3.63) is 34.9 Å². The molecule has 0 amide bonds. The van der Waals surface area contributed by atoms with E-state index < -0.39 is 0 Å². The number of aliphatic imine (C=N–C) groups is 1. The smallest absolute Gasteiger partial charge is 0.194 e. The molecular weight excluding hydrogens is 314 g/mol. The molecule has 1 aromatic rings. The second kappa shape index (κ2) is 8.68. The first kappa shape index (κ1) is 19.7. The number of nitrogens with one attached hydrogen (secondary N) is 1. The minimum Gasteiger partial charge on any atom is -0.396 e. The number of hydrogen-bond donors (Lipinski definition) is 2. The Hall–Kier alpha value is -1.59. The van der Waals surface area contributed by atoms with Crippen LogP contribution in [0.3, 0.4) is 0 Å². The number of rotatable bonds is 5. The van der Waals surface area contributed by atoms with Gasteiger partial charge < -0.3 is 20.1 Å². The number of ether oxygens (including phenoxy) is 1. The standard InChI is InChI=1S/C20H33N3O2/c1-6-21-19(22-13-20(4,5)14-24)23-9-10-25-18(12-23)17-8-7-15(2)11-16(17)3/h7-8,11,18,24H,6,9-10,12-14H2,1-5H3,(H,21,22). The summed E-state index contributed by atoms with van der Waals surface area (Å²) in [5, 5.41) is 12.9. The fourth-order valence-corrected chi connectivity index (χ4v) is 2.98. The monoisotopic (exact) mass is 347 g/mol. The Kier molecular flexibility index (Phi) is 6.85. The van der Waals surface area contributed by atoms with Crippen molar-refractivity contribution in [2.45, 2.75) is 40.7 Å². The van der Waals surface area contributed by atoms with E-state index in [-0.39, 0.29) is 18.1 Å². The minimum atomic E-state index is -0.208. The van der Waals surface area contributed by atoms with Gasteiger partial charge in [-0.3, -0.25) is 4.99 Å². The number of nitrogens with zero attached hydrogens (tertiary/aromatic N) is 2. The van der Waals surface area contributed by atoms with E-state index in [4.69, 9.17) is 9.73 Å². The molecule has 1 atom stereocenters. The van der Waals surface area contributed by atoms with Crippen LogP contribution in [0.4, 0.5) is 0 Å². The van der Waals surface area contributed by atoms with Crippen molar-refractivity contribution in [1.82, 2.24) is 10.2 Å². The molecule has 0 saturated carbocycles. The van der Waals surface area contributed by atoms with Gasteiger partial charge >= 0.3 is 0 Å². The van der Waals surface area contributed by atoms with Gasteiger partial charge in [-0.05, 0) is 31.9 Å². The van der Waals surface area contributed by atoms with Crippen LogP contribution < -0.4 is 5.32 Å². The molecule has 1 aromatic carbocycles. The number of hydrogen-bond acceptors (Lipinski definition) is 3. The number of aryl methyl sites for hydroxylation is 2. The Morgan fingerprint density at radius 1 is 1.40 bits per heavy atom. The van der Waals surface area contributed by atoms with Crippen LogP contribution in [-0.4, -0.2) is 55.4 Å². The summed E-state index contributed by atoms with van der Waals surface area (Å²) in [6.07, 6.45) is 0.0593. The first-order valence-electron chi connectivity index (χ1n) is 9.19. The SMILES string of the molecule is CCNC(=NCC(C)(C)CO)N1CCOC(c2ccc(C)cc2C)C1. The molecule has 0 radical (unpaired) electrons. The third kappa shape index (κ3) is 5.44. The first-order chi connectivity index (χ1) is 11.9. The summed E-state index contributed by atoms with van der Waals surface area (Å²) >= 11 is 0. The molecule has 1 saturated heterocycles. The summed E-state index contributed by atoms with van der Waals surface area (Å²) in [6.45, 7) is 14.2. The Balaban J connectivity index is 2.15. The molecule has 1 aliphatic rings. The van der Waals surface area contributed by atoms with Crippen LogP contribution in [0.2, 0.25) is 0 Å². The third-order valence-corrected chi connectivity index (χ3v) is 4.56. The van der Waals surface area contributed by atoms with Crippen molar-refractivity contribution in [2.75, 3.05) is 39.4 Å². The number of aliphatic hydroxyl groups is 1. The van der Waals surface area contributed by atoms with Gasteiger partial charge in [0, 0.05) is 25.1 Å². The van der Waals surface area contributed by atoms with Gasteiger partial charge in [0.25, 0.3) is 0 Å². The highest BCUT2D eigenvalue weighted by Gasteiger charge is 2.26. The Bertz CT molecular complexity index is 599. The fourth-order valence-electron chi connectivity index (χ4n) is 2.98. The molecule has 2 N–H and O–H groups in total. The average Bonchev–Trinajstić information content (AvgIpc) is 2.58.